The van der Waals surface area contributed by atoms with E-state index in [0.717, 1.165) is 12.5 Å². The third-order valence-corrected chi connectivity index (χ3v) is 3.29. The molecule has 1 N–H and O–H groups in total. The quantitative estimate of drug-likeness (QED) is 0.706. The van der Waals surface area contributed by atoms with Gasteiger partial charge in [-0.2, -0.15) is 0 Å². The van der Waals surface area contributed by atoms with Crippen molar-refractivity contribution >= 4 is 0 Å². The summed E-state index contributed by atoms with van der Waals surface area (Å²) in [6, 6.07) is 0.711. The van der Waals surface area contributed by atoms with Crippen molar-refractivity contribution in [3.63, 3.8) is 0 Å². The second-order valence-electron chi connectivity index (χ2n) is 5.51. The van der Waals surface area contributed by atoms with Gasteiger partial charge in [-0.25, -0.2) is 0 Å². The van der Waals surface area contributed by atoms with E-state index in [9.17, 15) is 0 Å². The minimum atomic E-state index is 0.422. The van der Waals surface area contributed by atoms with Crippen molar-refractivity contribution in [2.24, 2.45) is 11.3 Å². The van der Waals surface area contributed by atoms with Crippen LogP contribution in [-0.4, -0.2) is 12.6 Å². The van der Waals surface area contributed by atoms with Crippen LogP contribution in [0.1, 0.15) is 53.4 Å². The molecule has 0 aromatic heterocycles. The van der Waals surface area contributed by atoms with E-state index in [-0.39, 0.29) is 0 Å². The molecule has 13 heavy (non-hydrogen) atoms. The van der Waals surface area contributed by atoms with Gasteiger partial charge in [-0.15, -0.1) is 0 Å². The Balaban J connectivity index is 2.36. The molecule has 0 saturated heterocycles. The SMILES string of the molecule is CCNC(CC1CCC1)C(C)(C)C. The third-order valence-electron chi connectivity index (χ3n) is 3.29. The predicted molar refractivity (Wildman–Crippen MR) is 58.9 cm³/mol. The summed E-state index contributed by atoms with van der Waals surface area (Å²) in [5.41, 5.74) is 0.422. The maximum absolute atomic E-state index is 3.62. The van der Waals surface area contributed by atoms with Crippen LogP contribution >= 0.6 is 0 Å². The number of hydrogen-bond acceptors (Lipinski definition) is 1. The Hall–Kier alpha value is -0.0400. The van der Waals surface area contributed by atoms with Gasteiger partial charge in [0.1, 0.15) is 0 Å². The fraction of sp³-hybridized carbons (Fsp3) is 1.00. The minimum absolute atomic E-state index is 0.422. The molecule has 1 unspecified atom stereocenters. The fourth-order valence-electron chi connectivity index (χ4n) is 2.05. The van der Waals surface area contributed by atoms with Crippen LogP contribution in [0.2, 0.25) is 0 Å². The van der Waals surface area contributed by atoms with Crippen LogP contribution in [0, 0.1) is 11.3 Å². The zero-order valence-electron chi connectivity index (χ0n) is 9.69. The highest BCUT2D eigenvalue weighted by molar-refractivity contribution is 4.84. The molecule has 0 radical (unpaired) electrons. The minimum Gasteiger partial charge on any atom is -0.314 e. The molecule has 1 rings (SSSR count). The van der Waals surface area contributed by atoms with Crippen molar-refractivity contribution in [1.29, 1.82) is 0 Å². The number of nitrogens with one attached hydrogen (secondary N) is 1. The van der Waals surface area contributed by atoms with E-state index in [4.69, 9.17) is 0 Å². The monoisotopic (exact) mass is 183 g/mol. The van der Waals surface area contributed by atoms with Crippen LogP contribution < -0.4 is 5.32 Å². The summed E-state index contributed by atoms with van der Waals surface area (Å²) in [6.07, 6.45) is 5.79. The highest BCUT2D eigenvalue weighted by Gasteiger charge is 2.28. The highest BCUT2D eigenvalue weighted by atomic mass is 14.9. The smallest absolute Gasteiger partial charge is 0.0118 e. The van der Waals surface area contributed by atoms with E-state index >= 15 is 0 Å². The molecule has 1 aliphatic rings. The highest BCUT2D eigenvalue weighted by Crippen LogP contribution is 2.34. The normalized spacial score (nSPS) is 21.2. The zero-order valence-corrected chi connectivity index (χ0v) is 9.69. The summed E-state index contributed by atoms with van der Waals surface area (Å²) >= 11 is 0. The van der Waals surface area contributed by atoms with Crippen molar-refractivity contribution in [2.45, 2.75) is 59.4 Å². The van der Waals surface area contributed by atoms with Crippen molar-refractivity contribution in [1.82, 2.24) is 5.32 Å². The molecule has 1 aliphatic carbocycles. The summed E-state index contributed by atoms with van der Waals surface area (Å²) < 4.78 is 0. The molecule has 1 heteroatoms. The van der Waals surface area contributed by atoms with Gasteiger partial charge in [-0.05, 0) is 24.3 Å². The number of hydrogen-bond donors (Lipinski definition) is 1. The largest absolute Gasteiger partial charge is 0.314 e. The topological polar surface area (TPSA) is 12.0 Å². The van der Waals surface area contributed by atoms with Gasteiger partial charge in [-0.3, -0.25) is 0 Å². The second-order valence-corrected chi connectivity index (χ2v) is 5.51. The molecule has 0 aliphatic heterocycles. The lowest BCUT2D eigenvalue weighted by molar-refractivity contribution is 0.184. The van der Waals surface area contributed by atoms with E-state index in [1.54, 1.807) is 0 Å². The second kappa shape index (κ2) is 4.45. The predicted octanol–water partition coefficient (Wildman–Crippen LogP) is 3.20. The Bertz CT molecular complexity index is 142. The van der Waals surface area contributed by atoms with Gasteiger partial charge in [0.05, 0.1) is 0 Å². The summed E-state index contributed by atoms with van der Waals surface area (Å²) in [5, 5.41) is 3.62. The van der Waals surface area contributed by atoms with E-state index in [1.165, 1.54) is 25.7 Å². The van der Waals surface area contributed by atoms with Crippen LogP contribution in [-0.2, 0) is 0 Å². The molecule has 1 atom stereocenters. The lowest BCUT2D eigenvalue weighted by Gasteiger charge is -2.37. The molecule has 0 aromatic rings. The molecule has 0 amide bonds. The van der Waals surface area contributed by atoms with Crippen molar-refractivity contribution < 1.29 is 0 Å². The zero-order chi connectivity index (χ0) is 9.90. The number of rotatable bonds is 4. The molecule has 0 bridgehead atoms. The van der Waals surface area contributed by atoms with Gasteiger partial charge in [0.25, 0.3) is 0 Å². The Labute approximate surface area is 83.3 Å². The Kier molecular flexibility index (Phi) is 3.78. The van der Waals surface area contributed by atoms with Gasteiger partial charge in [0, 0.05) is 6.04 Å². The van der Waals surface area contributed by atoms with Crippen molar-refractivity contribution in [2.75, 3.05) is 6.54 Å². The Morgan fingerprint density at radius 1 is 1.31 bits per heavy atom. The first-order valence-electron chi connectivity index (χ1n) is 5.77. The molecule has 0 spiro atoms. The molecule has 1 saturated carbocycles. The lowest BCUT2D eigenvalue weighted by atomic mass is 9.74. The van der Waals surface area contributed by atoms with E-state index in [2.05, 4.69) is 33.0 Å². The first-order chi connectivity index (χ1) is 6.04. The third kappa shape index (κ3) is 3.30. The molecule has 0 aromatic carbocycles. The van der Waals surface area contributed by atoms with Crippen LogP contribution in [0.25, 0.3) is 0 Å². The summed E-state index contributed by atoms with van der Waals surface area (Å²) in [7, 11) is 0. The van der Waals surface area contributed by atoms with E-state index in [0.29, 0.717) is 11.5 Å². The average Bonchev–Trinajstić information content (AvgIpc) is 1.91. The van der Waals surface area contributed by atoms with Gasteiger partial charge in [0.15, 0.2) is 0 Å². The van der Waals surface area contributed by atoms with Crippen molar-refractivity contribution in [3.05, 3.63) is 0 Å². The molecule has 78 valence electrons. The van der Waals surface area contributed by atoms with Crippen LogP contribution in [0.3, 0.4) is 0 Å². The maximum atomic E-state index is 3.62. The van der Waals surface area contributed by atoms with Crippen molar-refractivity contribution in [3.8, 4) is 0 Å². The summed E-state index contributed by atoms with van der Waals surface area (Å²) in [6.45, 7) is 10.4. The van der Waals surface area contributed by atoms with E-state index in [1.807, 2.05) is 0 Å². The average molecular weight is 183 g/mol. The van der Waals surface area contributed by atoms with Gasteiger partial charge < -0.3 is 5.32 Å². The lowest BCUT2D eigenvalue weighted by Crippen LogP contribution is -2.42. The van der Waals surface area contributed by atoms with Gasteiger partial charge in [-0.1, -0.05) is 47.0 Å². The molecule has 0 heterocycles. The van der Waals surface area contributed by atoms with Crippen LogP contribution in [0.5, 0.6) is 0 Å². The first-order valence-corrected chi connectivity index (χ1v) is 5.77. The van der Waals surface area contributed by atoms with Crippen LogP contribution in [0.15, 0.2) is 0 Å². The van der Waals surface area contributed by atoms with Gasteiger partial charge in [0.2, 0.25) is 0 Å². The van der Waals surface area contributed by atoms with Gasteiger partial charge >= 0.3 is 0 Å². The molecular weight excluding hydrogens is 158 g/mol. The van der Waals surface area contributed by atoms with Crippen LogP contribution in [0.4, 0.5) is 0 Å². The molecule has 1 nitrogen and oxygen atoms in total. The Morgan fingerprint density at radius 2 is 1.92 bits per heavy atom. The fourth-order valence-corrected chi connectivity index (χ4v) is 2.05. The maximum Gasteiger partial charge on any atom is 0.0118 e. The standard InChI is InChI=1S/C12H25N/c1-5-13-11(12(2,3)4)9-10-7-6-8-10/h10-11,13H,5-9H2,1-4H3. The summed E-state index contributed by atoms with van der Waals surface area (Å²) in [4.78, 5) is 0. The molecule has 1 fully saturated rings. The Morgan fingerprint density at radius 3 is 2.23 bits per heavy atom. The first kappa shape index (κ1) is 11.0. The summed E-state index contributed by atoms with van der Waals surface area (Å²) in [5.74, 6) is 1.02. The van der Waals surface area contributed by atoms with E-state index < -0.39 is 0 Å². The molecular formula is C12H25N.